The number of benzene rings is 1. The molecule has 0 bridgehead atoms. The number of rotatable bonds is 3. The summed E-state index contributed by atoms with van der Waals surface area (Å²) < 4.78 is 10.2. The molecule has 3 aromatic rings. The van der Waals surface area contributed by atoms with Gasteiger partial charge in [0.25, 0.3) is 5.91 Å². The molecule has 0 aliphatic carbocycles. The van der Waals surface area contributed by atoms with Crippen LogP contribution in [0.25, 0.3) is 11.1 Å². The van der Waals surface area contributed by atoms with Crippen LogP contribution in [-0.2, 0) is 6.54 Å². The van der Waals surface area contributed by atoms with Gasteiger partial charge in [0.05, 0.1) is 6.26 Å². The minimum atomic E-state index is -0.238. The molecule has 90 valence electrons. The number of aromatic nitrogens is 1. The Morgan fingerprint density at radius 1 is 1.28 bits per heavy atom. The van der Waals surface area contributed by atoms with Gasteiger partial charge in [-0.1, -0.05) is 6.07 Å². The van der Waals surface area contributed by atoms with E-state index in [1.165, 1.54) is 12.7 Å². The van der Waals surface area contributed by atoms with Crippen LogP contribution in [-0.4, -0.2) is 10.9 Å². The molecule has 0 fully saturated rings. The second-order valence-corrected chi connectivity index (χ2v) is 3.81. The zero-order chi connectivity index (χ0) is 12.4. The van der Waals surface area contributed by atoms with Gasteiger partial charge in [-0.3, -0.25) is 4.79 Å². The third-order valence-corrected chi connectivity index (χ3v) is 2.59. The molecular weight excluding hydrogens is 232 g/mol. The second-order valence-electron chi connectivity index (χ2n) is 3.81. The molecule has 0 saturated heterocycles. The molecule has 0 unspecified atom stereocenters. The van der Waals surface area contributed by atoms with Crippen molar-refractivity contribution >= 4 is 17.0 Å². The fourth-order valence-corrected chi connectivity index (χ4v) is 1.69. The number of amides is 1. The summed E-state index contributed by atoms with van der Waals surface area (Å²) in [4.78, 5) is 15.7. The zero-order valence-electron chi connectivity index (χ0n) is 9.42. The number of carbonyl (C=O) groups excluding carboxylic acids is 1. The number of carbonyl (C=O) groups is 1. The van der Waals surface area contributed by atoms with Gasteiger partial charge in [0.2, 0.25) is 0 Å². The Bertz CT molecular complexity index is 670. The number of nitrogens with one attached hydrogen (secondary N) is 1. The van der Waals surface area contributed by atoms with Crippen LogP contribution in [0.5, 0.6) is 0 Å². The summed E-state index contributed by atoms with van der Waals surface area (Å²) in [6, 6.07) is 8.90. The minimum absolute atomic E-state index is 0.238. The number of hydrogen-bond donors (Lipinski definition) is 1. The quantitative estimate of drug-likeness (QED) is 0.765. The highest BCUT2D eigenvalue weighted by Crippen LogP contribution is 2.14. The number of furan rings is 1. The molecule has 1 N–H and O–H groups in total. The van der Waals surface area contributed by atoms with Crippen LogP contribution in [0.3, 0.4) is 0 Å². The molecular formula is C13H10N2O3. The van der Waals surface area contributed by atoms with E-state index in [2.05, 4.69) is 10.3 Å². The number of oxazole rings is 1. The summed E-state index contributed by atoms with van der Waals surface area (Å²) in [6.07, 6.45) is 2.87. The van der Waals surface area contributed by atoms with E-state index in [1.54, 1.807) is 12.1 Å². The predicted octanol–water partition coefficient (Wildman–Crippen LogP) is 2.35. The topological polar surface area (TPSA) is 68.3 Å². The van der Waals surface area contributed by atoms with Crippen molar-refractivity contribution in [3.05, 3.63) is 54.3 Å². The van der Waals surface area contributed by atoms with Gasteiger partial charge in [0.1, 0.15) is 5.52 Å². The Morgan fingerprint density at radius 3 is 3.06 bits per heavy atom. The first-order valence-electron chi connectivity index (χ1n) is 5.47. The van der Waals surface area contributed by atoms with Gasteiger partial charge in [0, 0.05) is 6.54 Å². The molecule has 5 heteroatoms. The molecule has 1 amide bonds. The average molecular weight is 242 g/mol. The zero-order valence-corrected chi connectivity index (χ0v) is 9.42. The van der Waals surface area contributed by atoms with Crippen LogP contribution in [0.15, 0.2) is 51.8 Å². The molecule has 3 rings (SSSR count). The fraction of sp³-hybridized carbons (Fsp3) is 0.0769. The third-order valence-electron chi connectivity index (χ3n) is 2.59. The van der Waals surface area contributed by atoms with E-state index in [-0.39, 0.29) is 5.91 Å². The Hall–Kier alpha value is -2.56. The van der Waals surface area contributed by atoms with Crippen LogP contribution in [0.4, 0.5) is 0 Å². The molecule has 2 heterocycles. The van der Waals surface area contributed by atoms with Crippen molar-refractivity contribution in [1.82, 2.24) is 10.3 Å². The van der Waals surface area contributed by atoms with E-state index in [0.717, 1.165) is 11.1 Å². The van der Waals surface area contributed by atoms with Gasteiger partial charge in [-0.15, -0.1) is 0 Å². The molecule has 0 atom stereocenters. The molecule has 0 radical (unpaired) electrons. The summed E-state index contributed by atoms with van der Waals surface area (Å²) >= 11 is 0. The maximum Gasteiger partial charge on any atom is 0.287 e. The van der Waals surface area contributed by atoms with E-state index in [1.807, 2.05) is 18.2 Å². The number of nitrogens with zero attached hydrogens (tertiary/aromatic N) is 1. The van der Waals surface area contributed by atoms with Gasteiger partial charge in [0.15, 0.2) is 17.7 Å². The molecule has 0 aliphatic rings. The highest BCUT2D eigenvalue weighted by atomic mass is 16.3. The summed E-state index contributed by atoms with van der Waals surface area (Å²) in [5, 5.41) is 2.76. The first-order chi connectivity index (χ1) is 8.83. The number of hydrogen-bond acceptors (Lipinski definition) is 4. The van der Waals surface area contributed by atoms with Crippen molar-refractivity contribution in [3.63, 3.8) is 0 Å². The van der Waals surface area contributed by atoms with E-state index in [0.29, 0.717) is 17.9 Å². The van der Waals surface area contributed by atoms with Crippen molar-refractivity contribution < 1.29 is 13.6 Å². The smallest absolute Gasteiger partial charge is 0.287 e. The maximum absolute atomic E-state index is 11.7. The summed E-state index contributed by atoms with van der Waals surface area (Å²) in [7, 11) is 0. The standard InChI is InChI=1S/C13H10N2O3/c16-13(11-2-1-5-17-11)14-7-9-3-4-10-12(6-9)18-8-15-10/h1-6,8H,7H2,(H,14,16). The lowest BCUT2D eigenvalue weighted by Crippen LogP contribution is -2.22. The largest absolute Gasteiger partial charge is 0.459 e. The molecule has 1 aromatic carbocycles. The Morgan fingerprint density at radius 2 is 2.22 bits per heavy atom. The van der Waals surface area contributed by atoms with Crippen LogP contribution in [0.1, 0.15) is 16.1 Å². The highest BCUT2D eigenvalue weighted by molar-refractivity contribution is 5.91. The summed E-state index contributed by atoms with van der Waals surface area (Å²) in [6.45, 7) is 0.413. The minimum Gasteiger partial charge on any atom is -0.459 e. The Balaban J connectivity index is 1.71. The van der Waals surface area contributed by atoms with E-state index < -0.39 is 0 Å². The fourth-order valence-electron chi connectivity index (χ4n) is 1.69. The van der Waals surface area contributed by atoms with E-state index in [4.69, 9.17) is 8.83 Å². The average Bonchev–Trinajstić information content (AvgIpc) is 3.05. The lowest BCUT2D eigenvalue weighted by molar-refractivity contribution is 0.0923. The molecule has 0 saturated carbocycles. The Labute approximate surface area is 102 Å². The van der Waals surface area contributed by atoms with Crippen molar-refractivity contribution in [3.8, 4) is 0 Å². The van der Waals surface area contributed by atoms with Gasteiger partial charge in [-0.25, -0.2) is 4.98 Å². The number of fused-ring (bicyclic) bond motifs is 1. The third kappa shape index (κ3) is 1.98. The SMILES string of the molecule is O=C(NCc1ccc2ncoc2c1)c1ccco1. The molecule has 0 aliphatic heterocycles. The van der Waals surface area contributed by atoms with E-state index >= 15 is 0 Å². The van der Waals surface area contributed by atoms with Crippen molar-refractivity contribution in [2.75, 3.05) is 0 Å². The normalized spacial score (nSPS) is 10.7. The van der Waals surface area contributed by atoms with Gasteiger partial charge in [-0.05, 0) is 29.8 Å². The summed E-state index contributed by atoms with van der Waals surface area (Å²) in [5.74, 6) is 0.0633. The molecule has 18 heavy (non-hydrogen) atoms. The van der Waals surface area contributed by atoms with Crippen LogP contribution in [0.2, 0.25) is 0 Å². The first-order valence-corrected chi connectivity index (χ1v) is 5.47. The molecule has 2 aromatic heterocycles. The lowest BCUT2D eigenvalue weighted by Gasteiger charge is -2.02. The molecule has 0 spiro atoms. The maximum atomic E-state index is 11.7. The second kappa shape index (κ2) is 4.37. The molecule has 5 nitrogen and oxygen atoms in total. The summed E-state index contributed by atoms with van der Waals surface area (Å²) in [5.41, 5.74) is 2.45. The van der Waals surface area contributed by atoms with Crippen LogP contribution >= 0.6 is 0 Å². The van der Waals surface area contributed by atoms with Gasteiger partial charge in [-0.2, -0.15) is 0 Å². The van der Waals surface area contributed by atoms with Gasteiger partial charge >= 0.3 is 0 Å². The van der Waals surface area contributed by atoms with Gasteiger partial charge < -0.3 is 14.2 Å². The van der Waals surface area contributed by atoms with E-state index in [9.17, 15) is 4.79 Å². The monoisotopic (exact) mass is 242 g/mol. The van der Waals surface area contributed by atoms with Crippen LogP contribution < -0.4 is 5.32 Å². The van der Waals surface area contributed by atoms with Crippen molar-refractivity contribution in [2.24, 2.45) is 0 Å². The lowest BCUT2D eigenvalue weighted by atomic mass is 10.2. The van der Waals surface area contributed by atoms with Crippen molar-refractivity contribution in [2.45, 2.75) is 6.54 Å². The predicted molar refractivity (Wildman–Crippen MR) is 63.9 cm³/mol. The van der Waals surface area contributed by atoms with Crippen LogP contribution in [0, 0.1) is 0 Å². The first kappa shape index (κ1) is 10.6. The highest BCUT2D eigenvalue weighted by Gasteiger charge is 2.08. The van der Waals surface area contributed by atoms with Crippen molar-refractivity contribution in [1.29, 1.82) is 0 Å². The Kier molecular flexibility index (Phi) is 2.57.